The highest BCUT2D eigenvalue weighted by Crippen LogP contribution is 2.24. The summed E-state index contributed by atoms with van der Waals surface area (Å²) in [6.07, 6.45) is -0.686. The molecule has 0 spiro atoms. The van der Waals surface area contributed by atoms with Crippen LogP contribution in [-0.4, -0.2) is 45.8 Å². The largest absolute Gasteiger partial charge is 0.492 e. The third kappa shape index (κ3) is 6.80. The van der Waals surface area contributed by atoms with Crippen molar-refractivity contribution in [3.05, 3.63) is 88.9 Å². The molecule has 0 saturated carbocycles. The molecule has 3 aromatic carbocycles. The second-order valence-electron chi connectivity index (χ2n) is 7.34. The molecule has 34 heavy (non-hydrogen) atoms. The number of aliphatic hydroxyl groups is 1. The number of benzene rings is 3. The van der Waals surface area contributed by atoms with E-state index in [0.717, 1.165) is 5.56 Å². The molecule has 7 nitrogen and oxygen atoms in total. The molecule has 0 unspecified atom stereocenters. The van der Waals surface area contributed by atoms with Crippen molar-refractivity contribution in [2.45, 2.75) is 22.8 Å². The second-order valence-corrected chi connectivity index (χ2v) is 9.73. The zero-order valence-corrected chi connectivity index (χ0v) is 20.2. The van der Waals surface area contributed by atoms with Gasteiger partial charge in [0.25, 0.3) is 0 Å². The number of carbonyl (C=O) groups excluding carboxylic acids is 1. The number of nitrogens with one attached hydrogen (secondary N) is 1. The molecule has 0 saturated heterocycles. The number of sulfone groups is 1. The summed E-state index contributed by atoms with van der Waals surface area (Å²) in [5, 5.41) is 13.9. The van der Waals surface area contributed by atoms with Gasteiger partial charge in [0.1, 0.15) is 12.4 Å². The van der Waals surface area contributed by atoms with Gasteiger partial charge in [-0.1, -0.05) is 23.7 Å². The lowest BCUT2D eigenvalue weighted by molar-refractivity contribution is 0.0526. The average molecular weight is 504 g/mol. The van der Waals surface area contributed by atoms with Gasteiger partial charge in [-0.25, -0.2) is 13.2 Å². The smallest absolute Gasteiger partial charge is 0.338 e. The zero-order chi connectivity index (χ0) is 24.6. The Morgan fingerprint density at radius 3 is 2.29 bits per heavy atom. The van der Waals surface area contributed by atoms with Crippen molar-refractivity contribution in [1.82, 2.24) is 5.32 Å². The molecule has 0 aromatic heterocycles. The first-order valence-corrected chi connectivity index (χ1v) is 12.6. The standard InChI is InChI=1S/C25H26ClNO6S/c1-2-32-25(29)18-6-10-22(11-7-18)34(30,31)23-12-8-21(9-13-23)33-15-14-27-17-24(28)19-4-3-5-20(26)16-19/h3-13,16,24,27-28H,2,14-15,17H2,1H3/t24-/m1/s1. The van der Waals surface area contributed by atoms with Crippen molar-refractivity contribution in [2.75, 3.05) is 26.3 Å². The molecule has 9 heteroatoms. The fourth-order valence-electron chi connectivity index (χ4n) is 3.15. The minimum atomic E-state index is -3.74. The van der Waals surface area contributed by atoms with Gasteiger partial charge < -0.3 is 19.9 Å². The van der Waals surface area contributed by atoms with Crippen molar-refractivity contribution in [3.8, 4) is 5.75 Å². The van der Waals surface area contributed by atoms with Gasteiger partial charge in [0.05, 0.1) is 28.1 Å². The maximum absolute atomic E-state index is 12.9. The van der Waals surface area contributed by atoms with Gasteiger partial charge in [-0.3, -0.25) is 0 Å². The summed E-state index contributed by atoms with van der Waals surface area (Å²) < 4.78 is 36.3. The molecule has 0 fully saturated rings. The van der Waals surface area contributed by atoms with Gasteiger partial charge in [0.2, 0.25) is 9.84 Å². The quantitative estimate of drug-likeness (QED) is 0.300. The lowest BCUT2D eigenvalue weighted by Gasteiger charge is -2.13. The van der Waals surface area contributed by atoms with E-state index in [9.17, 15) is 18.3 Å². The van der Waals surface area contributed by atoms with Crippen molar-refractivity contribution in [2.24, 2.45) is 0 Å². The molecule has 0 aliphatic rings. The summed E-state index contributed by atoms with van der Waals surface area (Å²) in [7, 11) is -3.74. The predicted octanol–water partition coefficient (Wildman–Crippen LogP) is 4.05. The van der Waals surface area contributed by atoms with Crippen LogP contribution in [0.4, 0.5) is 0 Å². The maximum Gasteiger partial charge on any atom is 0.338 e. The molecule has 0 bridgehead atoms. The number of rotatable bonds is 11. The number of carbonyl (C=O) groups is 1. The van der Waals surface area contributed by atoms with E-state index in [1.54, 1.807) is 43.3 Å². The summed E-state index contributed by atoms with van der Waals surface area (Å²) in [5.41, 5.74) is 1.02. The first kappa shape index (κ1) is 25.7. The Labute approximate surface area is 204 Å². The van der Waals surface area contributed by atoms with Crippen LogP contribution in [0.15, 0.2) is 82.6 Å². The highest BCUT2D eigenvalue weighted by atomic mass is 35.5. The van der Waals surface area contributed by atoms with Crippen molar-refractivity contribution < 1.29 is 27.8 Å². The van der Waals surface area contributed by atoms with Crippen molar-refractivity contribution in [3.63, 3.8) is 0 Å². The van der Waals surface area contributed by atoms with Crippen LogP contribution >= 0.6 is 11.6 Å². The lowest BCUT2D eigenvalue weighted by Crippen LogP contribution is -2.26. The van der Waals surface area contributed by atoms with Gasteiger partial charge in [-0.2, -0.15) is 0 Å². The lowest BCUT2D eigenvalue weighted by atomic mass is 10.1. The van der Waals surface area contributed by atoms with Crippen molar-refractivity contribution in [1.29, 1.82) is 0 Å². The number of halogens is 1. The van der Waals surface area contributed by atoms with E-state index in [2.05, 4.69) is 5.32 Å². The van der Waals surface area contributed by atoms with E-state index in [1.165, 1.54) is 36.4 Å². The summed E-state index contributed by atoms with van der Waals surface area (Å²) in [5.74, 6) is 0.0233. The molecule has 0 heterocycles. The monoisotopic (exact) mass is 503 g/mol. The van der Waals surface area contributed by atoms with Crippen LogP contribution < -0.4 is 10.1 Å². The van der Waals surface area contributed by atoms with E-state index in [0.29, 0.717) is 36.0 Å². The van der Waals surface area contributed by atoms with E-state index in [1.807, 2.05) is 0 Å². The molecule has 2 N–H and O–H groups in total. The van der Waals surface area contributed by atoms with Gasteiger partial charge in [0.15, 0.2) is 0 Å². The first-order chi connectivity index (χ1) is 16.3. The van der Waals surface area contributed by atoms with Crippen LogP contribution in [0.3, 0.4) is 0 Å². The van der Waals surface area contributed by atoms with Gasteiger partial charge in [0, 0.05) is 18.1 Å². The molecule has 0 aliphatic carbocycles. The second kappa shape index (κ2) is 12.0. The third-order valence-electron chi connectivity index (χ3n) is 4.93. The normalized spacial score (nSPS) is 12.2. The molecule has 0 amide bonds. The van der Waals surface area contributed by atoms with Crippen LogP contribution in [0, 0.1) is 0 Å². The molecule has 3 aromatic rings. The van der Waals surface area contributed by atoms with E-state index in [4.69, 9.17) is 21.1 Å². The number of ether oxygens (including phenoxy) is 2. The summed E-state index contributed by atoms with van der Waals surface area (Å²) in [6.45, 7) is 3.12. The Kier molecular flexibility index (Phi) is 9.06. The summed E-state index contributed by atoms with van der Waals surface area (Å²) >= 11 is 5.94. The molecule has 180 valence electrons. The van der Waals surface area contributed by atoms with Crippen LogP contribution in [0.25, 0.3) is 0 Å². The van der Waals surface area contributed by atoms with Crippen LogP contribution in [0.2, 0.25) is 5.02 Å². The average Bonchev–Trinajstić information content (AvgIpc) is 2.84. The summed E-state index contributed by atoms with van der Waals surface area (Å²) in [4.78, 5) is 11.9. The van der Waals surface area contributed by atoms with E-state index in [-0.39, 0.29) is 16.4 Å². The van der Waals surface area contributed by atoms with E-state index < -0.39 is 21.9 Å². The molecular formula is C25H26ClNO6S. The molecule has 1 atom stereocenters. The first-order valence-electron chi connectivity index (χ1n) is 10.7. The highest BCUT2D eigenvalue weighted by molar-refractivity contribution is 7.91. The fraction of sp³-hybridized carbons (Fsp3) is 0.240. The minimum Gasteiger partial charge on any atom is -0.492 e. The molecular weight excluding hydrogens is 478 g/mol. The maximum atomic E-state index is 12.9. The van der Waals surface area contributed by atoms with Crippen molar-refractivity contribution >= 4 is 27.4 Å². The zero-order valence-electron chi connectivity index (χ0n) is 18.6. The molecule has 0 aliphatic heterocycles. The molecule has 3 rings (SSSR count). The number of esters is 1. The highest BCUT2D eigenvalue weighted by Gasteiger charge is 2.18. The minimum absolute atomic E-state index is 0.0803. The van der Waals surface area contributed by atoms with Gasteiger partial charge in [-0.15, -0.1) is 0 Å². The van der Waals surface area contributed by atoms with Crippen LogP contribution in [-0.2, 0) is 14.6 Å². The number of hydrogen-bond acceptors (Lipinski definition) is 7. The summed E-state index contributed by atoms with van der Waals surface area (Å²) in [6, 6.07) is 18.8. The number of hydrogen-bond donors (Lipinski definition) is 2. The SMILES string of the molecule is CCOC(=O)c1ccc(S(=O)(=O)c2ccc(OCCNC[C@@H](O)c3cccc(Cl)c3)cc2)cc1. The van der Waals surface area contributed by atoms with Crippen LogP contribution in [0.5, 0.6) is 5.75 Å². The number of aliphatic hydroxyl groups excluding tert-OH is 1. The Bertz CT molecular complexity index is 1200. The Hall–Kier alpha value is -2.91. The van der Waals surface area contributed by atoms with E-state index >= 15 is 0 Å². The Morgan fingerprint density at radius 1 is 1.03 bits per heavy atom. The molecule has 0 radical (unpaired) electrons. The third-order valence-corrected chi connectivity index (χ3v) is 6.95. The van der Waals surface area contributed by atoms with Gasteiger partial charge >= 0.3 is 5.97 Å². The fourth-order valence-corrected chi connectivity index (χ4v) is 4.61. The van der Waals surface area contributed by atoms with Crippen LogP contribution in [0.1, 0.15) is 28.9 Å². The Morgan fingerprint density at radius 2 is 1.68 bits per heavy atom. The topological polar surface area (TPSA) is 102 Å². The van der Waals surface area contributed by atoms with Gasteiger partial charge in [-0.05, 0) is 73.2 Å². The Balaban J connectivity index is 1.50. The predicted molar refractivity (Wildman–Crippen MR) is 129 cm³/mol.